The van der Waals surface area contributed by atoms with E-state index in [1.165, 1.54) is 38.5 Å². The Bertz CT molecular complexity index is 976. The van der Waals surface area contributed by atoms with Crippen LogP contribution in [0.2, 0.25) is 0 Å². The van der Waals surface area contributed by atoms with Crippen molar-refractivity contribution in [3.8, 4) is 0 Å². The Morgan fingerprint density at radius 2 is 1.80 bits per heavy atom. The number of halogens is 1. The van der Waals surface area contributed by atoms with Crippen molar-refractivity contribution in [2.24, 2.45) is 0 Å². The van der Waals surface area contributed by atoms with E-state index < -0.39 is 10.0 Å². The molecule has 0 amide bonds. The van der Waals surface area contributed by atoms with Crippen molar-refractivity contribution >= 4 is 37.5 Å². The lowest BCUT2D eigenvalue weighted by molar-refractivity contribution is 0.141. The Labute approximate surface area is 188 Å². The van der Waals surface area contributed by atoms with Crippen LogP contribution in [0.5, 0.6) is 0 Å². The van der Waals surface area contributed by atoms with Crippen molar-refractivity contribution in [1.82, 2.24) is 14.9 Å². The first-order chi connectivity index (χ1) is 14.4. The number of pyridine rings is 2. The van der Waals surface area contributed by atoms with E-state index in [9.17, 15) is 8.42 Å². The second-order valence-electron chi connectivity index (χ2n) is 8.08. The van der Waals surface area contributed by atoms with Crippen LogP contribution in [-0.2, 0) is 10.0 Å². The second kappa shape index (κ2) is 9.20. The first-order valence-electron chi connectivity index (χ1n) is 10.5. The molecule has 2 aromatic heterocycles. The molecular formula is C21H30BrN5O2S. The molecule has 0 unspecified atom stereocenters. The van der Waals surface area contributed by atoms with Gasteiger partial charge in [0.05, 0.1) is 5.69 Å². The minimum Gasteiger partial charge on any atom is -0.355 e. The SMILES string of the molecule is Cc1ccc(S(=O)(=O)Nc2cc(Br)cnc2N2CCC(N3CCCCC3)CC2)cn1.[HH]. The fourth-order valence-electron chi connectivity index (χ4n) is 4.30. The zero-order chi connectivity index (χ0) is 21.1. The first kappa shape index (κ1) is 21.5. The Balaban J connectivity index is 0.00000272. The number of likely N-dealkylation sites (tertiary alicyclic amines) is 1. The maximum Gasteiger partial charge on any atom is 0.263 e. The number of hydrogen-bond donors (Lipinski definition) is 1. The van der Waals surface area contributed by atoms with Crippen LogP contribution in [-0.4, -0.2) is 55.5 Å². The van der Waals surface area contributed by atoms with Gasteiger partial charge in [0.1, 0.15) is 4.90 Å². The molecule has 9 heteroatoms. The molecule has 4 heterocycles. The van der Waals surface area contributed by atoms with Gasteiger partial charge in [-0.25, -0.2) is 13.4 Å². The van der Waals surface area contributed by atoms with Crippen LogP contribution in [0.15, 0.2) is 40.0 Å². The number of sulfonamides is 1. The molecule has 2 aliphatic heterocycles. The number of hydrogen-bond acceptors (Lipinski definition) is 6. The van der Waals surface area contributed by atoms with Crippen LogP contribution < -0.4 is 9.62 Å². The van der Waals surface area contributed by atoms with E-state index >= 15 is 0 Å². The van der Waals surface area contributed by atoms with Crippen molar-refractivity contribution in [1.29, 1.82) is 0 Å². The molecule has 2 aliphatic rings. The Morgan fingerprint density at radius 1 is 1.07 bits per heavy atom. The highest BCUT2D eigenvalue weighted by atomic mass is 79.9. The molecule has 0 saturated carbocycles. The predicted octanol–water partition coefficient (Wildman–Crippen LogP) is 4.05. The minimum atomic E-state index is -3.74. The third kappa shape index (κ3) is 4.95. The van der Waals surface area contributed by atoms with Crippen LogP contribution in [0.1, 0.15) is 39.2 Å². The van der Waals surface area contributed by atoms with Crippen molar-refractivity contribution in [2.75, 3.05) is 35.8 Å². The molecule has 0 atom stereocenters. The fourth-order valence-corrected chi connectivity index (χ4v) is 5.63. The minimum absolute atomic E-state index is 0. The van der Waals surface area contributed by atoms with E-state index in [-0.39, 0.29) is 6.32 Å². The maximum atomic E-state index is 12.9. The summed E-state index contributed by atoms with van der Waals surface area (Å²) in [6, 6.07) is 5.66. The number of piperidine rings is 2. The molecule has 2 saturated heterocycles. The Kier molecular flexibility index (Phi) is 6.60. The average Bonchev–Trinajstić information content (AvgIpc) is 2.75. The topological polar surface area (TPSA) is 78.4 Å². The molecule has 1 N–H and O–H groups in total. The van der Waals surface area contributed by atoms with Crippen molar-refractivity contribution < 1.29 is 9.84 Å². The predicted molar refractivity (Wildman–Crippen MR) is 124 cm³/mol. The quantitative estimate of drug-likeness (QED) is 0.673. The first-order valence-corrected chi connectivity index (χ1v) is 12.8. The maximum absolute atomic E-state index is 12.9. The van der Waals surface area contributed by atoms with Gasteiger partial charge in [0.2, 0.25) is 0 Å². The van der Waals surface area contributed by atoms with Gasteiger partial charge in [0.25, 0.3) is 10.0 Å². The van der Waals surface area contributed by atoms with E-state index in [4.69, 9.17) is 0 Å². The molecule has 0 spiro atoms. The van der Waals surface area contributed by atoms with Crippen molar-refractivity contribution in [2.45, 2.75) is 50.0 Å². The summed E-state index contributed by atoms with van der Waals surface area (Å²) in [6.45, 7) is 5.98. The molecule has 0 bridgehead atoms. The lowest BCUT2D eigenvalue weighted by Crippen LogP contribution is -2.47. The molecule has 2 aromatic rings. The van der Waals surface area contributed by atoms with Crippen LogP contribution in [0.4, 0.5) is 11.5 Å². The highest BCUT2D eigenvalue weighted by Gasteiger charge is 2.28. The smallest absolute Gasteiger partial charge is 0.263 e. The highest BCUT2D eigenvalue weighted by molar-refractivity contribution is 9.10. The number of nitrogens with zero attached hydrogens (tertiary/aromatic N) is 4. The van der Waals surface area contributed by atoms with Crippen molar-refractivity contribution in [3.05, 3.63) is 40.8 Å². The molecule has 7 nitrogen and oxygen atoms in total. The van der Waals surface area contributed by atoms with Crippen LogP contribution >= 0.6 is 15.9 Å². The highest BCUT2D eigenvalue weighted by Crippen LogP contribution is 2.32. The van der Waals surface area contributed by atoms with Gasteiger partial charge in [-0.15, -0.1) is 0 Å². The molecule has 4 rings (SSSR count). The standard InChI is InChI=1S/C21H28BrN5O2S.H2/c1-16-5-6-19(15-23-16)30(28,29)25-20-13-17(22)14-24-21(20)27-11-7-18(8-12-27)26-9-3-2-4-10-26;/h5-6,13-15,18,25H,2-4,7-12H2,1H3;1H. The van der Waals surface area contributed by atoms with Gasteiger partial charge in [-0.3, -0.25) is 9.71 Å². The van der Waals surface area contributed by atoms with Gasteiger partial charge >= 0.3 is 0 Å². The average molecular weight is 496 g/mol. The molecule has 2 fully saturated rings. The molecule has 0 radical (unpaired) electrons. The van der Waals surface area contributed by atoms with Crippen LogP contribution in [0.3, 0.4) is 0 Å². The van der Waals surface area contributed by atoms with Crippen LogP contribution in [0, 0.1) is 6.92 Å². The van der Waals surface area contributed by atoms with E-state index in [0.29, 0.717) is 17.5 Å². The summed E-state index contributed by atoms with van der Waals surface area (Å²) in [5.41, 5.74) is 1.26. The van der Waals surface area contributed by atoms with E-state index in [0.717, 1.165) is 36.1 Å². The molecule has 30 heavy (non-hydrogen) atoms. The Hall–Kier alpha value is -1.71. The summed E-state index contributed by atoms with van der Waals surface area (Å²) in [4.78, 5) is 13.6. The summed E-state index contributed by atoms with van der Waals surface area (Å²) in [5.74, 6) is 0.680. The lowest BCUT2D eigenvalue weighted by atomic mass is 10.00. The van der Waals surface area contributed by atoms with E-state index in [2.05, 4.69) is 40.4 Å². The van der Waals surface area contributed by atoms with Gasteiger partial charge in [-0.05, 0) is 79.8 Å². The third-order valence-corrected chi connectivity index (χ3v) is 7.73. The number of anilines is 2. The monoisotopic (exact) mass is 495 g/mol. The normalized spacial score (nSPS) is 19.1. The van der Waals surface area contributed by atoms with Crippen molar-refractivity contribution in [3.63, 3.8) is 0 Å². The van der Waals surface area contributed by atoms with Crippen LogP contribution in [0.25, 0.3) is 0 Å². The van der Waals surface area contributed by atoms with Gasteiger partial charge in [0.15, 0.2) is 5.82 Å². The summed E-state index contributed by atoms with van der Waals surface area (Å²) in [5, 5.41) is 0. The van der Waals surface area contributed by atoms with Gasteiger partial charge in [0, 0.05) is 43.1 Å². The molecule has 164 valence electrons. The lowest BCUT2D eigenvalue weighted by Gasteiger charge is -2.40. The second-order valence-corrected chi connectivity index (χ2v) is 10.7. The third-order valence-electron chi connectivity index (χ3n) is 5.94. The summed E-state index contributed by atoms with van der Waals surface area (Å²) >= 11 is 3.42. The number of nitrogens with one attached hydrogen (secondary N) is 1. The number of rotatable bonds is 5. The zero-order valence-electron chi connectivity index (χ0n) is 17.2. The summed E-state index contributed by atoms with van der Waals surface area (Å²) in [7, 11) is -3.74. The summed E-state index contributed by atoms with van der Waals surface area (Å²) < 4.78 is 29.3. The number of aryl methyl sites for hydroxylation is 1. The molecular weight excluding hydrogens is 466 g/mol. The Morgan fingerprint density at radius 3 is 2.47 bits per heavy atom. The number of aromatic nitrogens is 2. The zero-order valence-corrected chi connectivity index (χ0v) is 19.6. The van der Waals surface area contributed by atoms with E-state index in [1.54, 1.807) is 24.4 Å². The fraction of sp³-hybridized carbons (Fsp3) is 0.524. The largest absolute Gasteiger partial charge is 0.355 e. The van der Waals surface area contributed by atoms with Gasteiger partial charge < -0.3 is 9.80 Å². The van der Waals surface area contributed by atoms with Gasteiger partial charge in [-0.2, -0.15) is 0 Å². The van der Waals surface area contributed by atoms with Gasteiger partial charge in [-0.1, -0.05) is 6.42 Å². The molecule has 0 aliphatic carbocycles. The van der Waals surface area contributed by atoms with E-state index in [1.807, 2.05) is 6.92 Å². The molecule has 0 aromatic carbocycles. The summed E-state index contributed by atoms with van der Waals surface area (Å²) in [6.07, 6.45) is 9.20.